The predicted octanol–water partition coefficient (Wildman–Crippen LogP) is 1.77. The Morgan fingerprint density at radius 3 is 3.13 bits per heavy atom. The molecule has 1 aliphatic heterocycles. The number of amides is 2. The molecule has 0 bridgehead atoms. The van der Waals surface area contributed by atoms with Gasteiger partial charge in [0.25, 0.3) is 5.91 Å². The number of thioether (sulfide) groups is 1. The fourth-order valence-electron chi connectivity index (χ4n) is 2.62. The zero-order valence-electron chi connectivity index (χ0n) is 13.1. The number of nitrogens with zero attached hydrogens (tertiary/aromatic N) is 3. The third kappa shape index (κ3) is 3.19. The number of rotatable bonds is 5. The summed E-state index contributed by atoms with van der Waals surface area (Å²) < 4.78 is 1.67. The molecule has 1 fully saturated rings. The molecule has 2 aromatic rings. The van der Waals surface area contributed by atoms with Gasteiger partial charge in [0.05, 0.1) is 23.2 Å². The van der Waals surface area contributed by atoms with Crippen LogP contribution in [0.25, 0.3) is 5.52 Å². The van der Waals surface area contributed by atoms with Gasteiger partial charge in [0.2, 0.25) is 5.91 Å². The average Bonchev–Trinajstić information content (AvgIpc) is 3.21. The fourth-order valence-corrected chi connectivity index (χ4v) is 3.77. The molecule has 2 aromatic heterocycles. The number of hydrogen-bond donors (Lipinski definition) is 1. The summed E-state index contributed by atoms with van der Waals surface area (Å²) in [6.07, 6.45) is 5.37. The van der Waals surface area contributed by atoms with Gasteiger partial charge in [0, 0.05) is 18.5 Å². The van der Waals surface area contributed by atoms with Crippen LogP contribution in [0.5, 0.6) is 0 Å². The third-order valence-corrected chi connectivity index (χ3v) is 4.94. The Hall–Kier alpha value is -2.02. The van der Waals surface area contributed by atoms with E-state index in [-0.39, 0.29) is 11.8 Å². The lowest BCUT2D eigenvalue weighted by Gasteiger charge is -2.22. The number of nitrogens with one attached hydrogen (secondary N) is 1. The molecule has 0 saturated carbocycles. The highest BCUT2D eigenvalue weighted by Crippen LogP contribution is 2.24. The highest BCUT2D eigenvalue weighted by Gasteiger charge is 2.35. The lowest BCUT2D eigenvalue weighted by molar-refractivity contribution is -0.124. The van der Waals surface area contributed by atoms with E-state index in [1.807, 2.05) is 18.2 Å². The minimum atomic E-state index is -0.400. The molecule has 0 aliphatic carbocycles. The number of carbonyl (C=O) groups is 2. The van der Waals surface area contributed by atoms with Crippen molar-refractivity contribution < 1.29 is 9.59 Å². The minimum absolute atomic E-state index is 0.0618. The number of aromatic nitrogens is 2. The summed E-state index contributed by atoms with van der Waals surface area (Å²) in [5.41, 5.74) is 1.30. The number of carbonyl (C=O) groups excluding carboxylic acids is 2. The summed E-state index contributed by atoms with van der Waals surface area (Å²) in [7, 11) is 0. The molecule has 3 heterocycles. The quantitative estimate of drug-likeness (QED) is 0.848. The maximum atomic E-state index is 12.8. The molecule has 0 unspecified atom stereocenters. The van der Waals surface area contributed by atoms with Crippen molar-refractivity contribution in [2.24, 2.45) is 0 Å². The van der Waals surface area contributed by atoms with Gasteiger partial charge < -0.3 is 10.2 Å². The second-order valence-electron chi connectivity index (χ2n) is 5.52. The molecular formula is C16H20N4O2S. The Labute approximate surface area is 139 Å². The third-order valence-electron chi connectivity index (χ3n) is 3.93. The van der Waals surface area contributed by atoms with Crippen LogP contribution in [0.2, 0.25) is 0 Å². The predicted molar refractivity (Wildman–Crippen MR) is 90.4 cm³/mol. The van der Waals surface area contributed by atoms with Crippen LogP contribution in [0.1, 0.15) is 30.1 Å². The molecule has 1 N–H and O–H groups in total. The Morgan fingerprint density at radius 1 is 1.43 bits per heavy atom. The van der Waals surface area contributed by atoms with E-state index in [1.54, 1.807) is 33.6 Å². The SMILES string of the molecule is CCCCNC(=O)[C@@H]1CSCN1C(=O)c1cnn2ccccc12. The van der Waals surface area contributed by atoms with Crippen LogP contribution >= 0.6 is 11.8 Å². The normalized spacial score (nSPS) is 17.6. The molecule has 1 saturated heterocycles. The molecule has 23 heavy (non-hydrogen) atoms. The van der Waals surface area contributed by atoms with Crippen molar-refractivity contribution in [3.8, 4) is 0 Å². The first kappa shape index (κ1) is 15.9. The van der Waals surface area contributed by atoms with Crippen LogP contribution in [-0.2, 0) is 4.79 Å². The molecule has 0 aromatic carbocycles. The van der Waals surface area contributed by atoms with Crippen molar-refractivity contribution in [1.82, 2.24) is 19.8 Å². The summed E-state index contributed by atoms with van der Waals surface area (Å²) in [6, 6.07) is 5.20. The lowest BCUT2D eigenvalue weighted by Crippen LogP contribution is -2.47. The van der Waals surface area contributed by atoms with Gasteiger partial charge in [0.15, 0.2) is 0 Å². The number of unbranched alkanes of at least 4 members (excludes halogenated alkanes) is 1. The second kappa shape index (κ2) is 7.04. The van der Waals surface area contributed by atoms with E-state index in [1.165, 1.54) is 0 Å². The van der Waals surface area contributed by atoms with Crippen molar-refractivity contribution in [2.45, 2.75) is 25.8 Å². The molecule has 3 rings (SSSR count). The van der Waals surface area contributed by atoms with Gasteiger partial charge in [-0.2, -0.15) is 5.10 Å². The van der Waals surface area contributed by atoms with Crippen molar-refractivity contribution in [2.75, 3.05) is 18.2 Å². The number of hydrogen-bond acceptors (Lipinski definition) is 4. The Balaban J connectivity index is 1.77. The second-order valence-corrected chi connectivity index (χ2v) is 6.52. The highest BCUT2D eigenvalue weighted by molar-refractivity contribution is 7.99. The smallest absolute Gasteiger partial charge is 0.259 e. The Morgan fingerprint density at radius 2 is 2.30 bits per heavy atom. The molecule has 2 amide bonds. The average molecular weight is 332 g/mol. The van der Waals surface area contributed by atoms with Gasteiger partial charge in [-0.15, -0.1) is 11.8 Å². The highest BCUT2D eigenvalue weighted by atomic mass is 32.2. The first-order chi connectivity index (χ1) is 11.2. The number of pyridine rings is 1. The van der Waals surface area contributed by atoms with Crippen molar-refractivity contribution >= 4 is 29.1 Å². The lowest BCUT2D eigenvalue weighted by atomic mass is 10.2. The maximum absolute atomic E-state index is 12.8. The van der Waals surface area contributed by atoms with Crippen molar-refractivity contribution in [1.29, 1.82) is 0 Å². The van der Waals surface area contributed by atoms with Crippen LogP contribution in [0.3, 0.4) is 0 Å². The van der Waals surface area contributed by atoms with Crippen molar-refractivity contribution in [3.63, 3.8) is 0 Å². The zero-order valence-corrected chi connectivity index (χ0v) is 13.9. The summed E-state index contributed by atoms with van der Waals surface area (Å²) in [5, 5.41) is 7.13. The van der Waals surface area contributed by atoms with E-state index in [0.717, 1.165) is 18.4 Å². The van der Waals surface area contributed by atoms with E-state index in [2.05, 4.69) is 17.3 Å². The molecule has 0 spiro atoms. The summed E-state index contributed by atoms with van der Waals surface area (Å²) in [5.74, 6) is 0.984. The van der Waals surface area contributed by atoms with E-state index in [9.17, 15) is 9.59 Å². The molecule has 1 atom stereocenters. The van der Waals surface area contributed by atoms with Crippen LogP contribution in [0.4, 0.5) is 0 Å². The zero-order chi connectivity index (χ0) is 16.2. The summed E-state index contributed by atoms with van der Waals surface area (Å²) in [4.78, 5) is 26.8. The molecule has 7 heteroatoms. The molecule has 0 radical (unpaired) electrons. The van der Waals surface area contributed by atoms with Gasteiger partial charge >= 0.3 is 0 Å². The molecule has 122 valence electrons. The topological polar surface area (TPSA) is 66.7 Å². The van der Waals surface area contributed by atoms with Crippen molar-refractivity contribution in [3.05, 3.63) is 36.2 Å². The molecular weight excluding hydrogens is 312 g/mol. The fraction of sp³-hybridized carbons (Fsp3) is 0.438. The Kier molecular flexibility index (Phi) is 4.85. The number of fused-ring (bicyclic) bond motifs is 1. The van der Waals surface area contributed by atoms with Gasteiger partial charge in [-0.3, -0.25) is 9.59 Å². The van der Waals surface area contributed by atoms with E-state index in [4.69, 9.17) is 0 Å². The van der Waals surface area contributed by atoms with Gasteiger partial charge in [-0.25, -0.2) is 4.52 Å². The summed E-state index contributed by atoms with van der Waals surface area (Å²) in [6.45, 7) is 2.74. The van der Waals surface area contributed by atoms with E-state index in [0.29, 0.717) is 23.7 Å². The van der Waals surface area contributed by atoms with E-state index < -0.39 is 6.04 Å². The Bertz CT molecular complexity index is 715. The van der Waals surface area contributed by atoms with Gasteiger partial charge in [-0.05, 0) is 18.6 Å². The van der Waals surface area contributed by atoms with Gasteiger partial charge in [0.1, 0.15) is 6.04 Å². The van der Waals surface area contributed by atoms with Gasteiger partial charge in [-0.1, -0.05) is 19.4 Å². The standard InChI is InChI=1S/C16H20N4O2S/c1-2-3-7-17-15(21)14-10-23-11-19(14)16(22)12-9-18-20-8-5-4-6-13(12)20/h4-6,8-9,14H,2-3,7,10-11H2,1H3,(H,17,21)/t14-/m0/s1. The molecule has 6 nitrogen and oxygen atoms in total. The van der Waals surface area contributed by atoms with Crippen LogP contribution in [0.15, 0.2) is 30.6 Å². The first-order valence-corrected chi connectivity index (χ1v) is 8.96. The minimum Gasteiger partial charge on any atom is -0.354 e. The summed E-state index contributed by atoms with van der Waals surface area (Å²) >= 11 is 1.61. The van der Waals surface area contributed by atoms with Crippen LogP contribution in [-0.4, -0.2) is 50.5 Å². The largest absolute Gasteiger partial charge is 0.354 e. The molecule has 1 aliphatic rings. The van der Waals surface area contributed by atoms with E-state index >= 15 is 0 Å². The van der Waals surface area contributed by atoms with Crippen LogP contribution < -0.4 is 5.32 Å². The first-order valence-electron chi connectivity index (χ1n) is 7.81. The van der Waals surface area contributed by atoms with Crippen LogP contribution in [0, 0.1) is 0 Å². The maximum Gasteiger partial charge on any atom is 0.259 e. The monoisotopic (exact) mass is 332 g/mol.